The van der Waals surface area contributed by atoms with Gasteiger partial charge >= 0.3 is 0 Å². The van der Waals surface area contributed by atoms with Crippen molar-refractivity contribution in [1.82, 2.24) is 0 Å². The van der Waals surface area contributed by atoms with Crippen molar-refractivity contribution in [2.24, 2.45) is 10.8 Å². The topological polar surface area (TPSA) is 52.1 Å². The summed E-state index contributed by atoms with van der Waals surface area (Å²) >= 11 is 0. The van der Waals surface area contributed by atoms with Gasteiger partial charge in [-0.2, -0.15) is 0 Å². The van der Waals surface area contributed by atoms with Crippen molar-refractivity contribution in [2.75, 3.05) is 0 Å². The molecule has 4 nitrogen and oxygen atoms in total. The van der Waals surface area contributed by atoms with E-state index < -0.39 is 12.1 Å². The highest BCUT2D eigenvalue weighted by Gasteiger charge is 2.42. The Morgan fingerprint density at radius 3 is 1.14 bits per heavy atom. The van der Waals surface area contributed by atoms with Gasteiger partial charge in [-0.25, -0.2) is 0 Å². The molecule has 0 bridgehead atoms. The fraction of sp³-hybridized carbons (Fsp3) is 0.500. The van der Waals surface area contributed by atoms with Gasteiger partial charge in [0.2, 0.25) is 12.1 Å². The van der Waals surface area contributed by atoms with Gasteiger partial charge in [-0.1, -0.05) is 102 Å². The maximum Gasteiger partial charge on any atom is 0.238 e. The van der Waals surface area contributed by atoms with Crippen LogP contribution < -0.4 is 0 Å². The highest BCUT2D eigenvalue weighted by molar-refractivity contribution is 5.16. The summed E-state index contributed by atoms with van der Waals surface area (Å²) in [5.41, 5.74) is 1.45. The lowest BCUT2D eigenvalue weighted by Gasteiger charge is -2.30. The van der Waals surface area contributed by atoms with Crippen molar-refractivity contribution < 1.29 is 9.72 Å². The molecule has 0 N–H and O–H groups in total. The summed E-state index contributed by atoms with van der Waals surface area (Å²) < 4.78 is 0. The molecule has 2 unspecified atom stereocenters. The van der Waals surface area contributed by atoms with Gasteiger partial charge in [-0.15, -0.1) is 0 Å². The van der Waals surface area contributed by atoms with Crippen LogP contribution in [0.25, 0.3) is 0 Å². The largest absolute Gasteiger partial charge is 0.567 e. The Hall–Kier alpha value is -2.36. The van der Waals surface area contributed by atoms with Gasteiger partial charge in [0.15, 0.2) is 0 Å². The molecule has 4 heteroatoms. The molecule has 0 aromatic heterocycles. The minimum absolute atomic E-state index is 0.338. The lowest BCUT2D eigenvalue weighted by molar-refractivity contribution is -1.00. The third kappa shape index (κ3) is 5.82. The zero-order valence-electron chi connectivity index (χ0n) is 18.1. The van der Waals surface area contributed by atoms with E-state index in [0.717, 1.165) is 11.1 Å². The lowest BCUT2D eigenvalue weighted by atomic mass is 9.82. The molecule has 0 aliphatic carbocycles. The molecule has 2 aromatic rings. The third-order valence-electron chi connectivity index (χ3n) is 5.27. The molecule has 0 radical (unpaired) electrons. The van der Waals surface area contributed by atoms with Crippen LogP contribution in [0.3, 0.4) is 0 Å². The molecule has 0 heterocycles. The number of hydrogen-bond donors (Lipinski definition) is 0. The Morgan fingerprint density at radius 2 is 0.893 bits per heavy atom. The first-order valence-electron chi connectivity index (χ1n) is 10.0. The van der Waals surface area contributed by atoms with E-state index in [2.05, 4.69) is 0 Å². The van der Waals surface area contributed by atoms with Gasteiger partial charge in [0.05, 0.1) is 0 Å². The molecule has 2 atom stereocenters. The highest BCUT2D eigenvalue weighted by Crippen LogP contribution is 2.29. The summed E-state index contributed by atoms with van der Waals surface area (Å²) in [5, 5.41) is 26.6. The van der Waals surface area contributed by atoms with Crippen LogP contribution in [0.4, 0.5) is 0 Å². The van der Waals surface area contributed by atoms with E-state index in [1.807, 2.05) is 102 Å². The minimum atomic E-state index is -0.451. The van der Waals surface area contributed by atoms with Crippen LogP contribution in [-0.4, -0.2) is 21.8 Å². The maximum atomic E-state index is 13.3. The summed E-state index contributed by atoms with van der Waals surface area (Å²) in [7, 11) is 0. The Kier molecular flexibility index (Phi) is 6.87. The Labute approximate surface area is 169 Å². The van der Waals surface area contributed by atoms with Gasteiger partial charge in [0.1, 0.15) is 0 Å². The first-order valence-corrected chi connectivity index (χ1v) is 10.0. The lowest BCUT2D eigenvalue weighted by Crippen LogP contribution is -2.46. The molecular weight excluding hydrogens is 348 g/mol. The molecule has 152 valence electrons. The minimum Gasteiger partial charge on any atom is -0.567 e. The van der Waals surface area contributed by atoms with E-state index in [1.54, 1.807) is 0 Å². The van der Waals surface area contributed by atoms with Crippen molar-refractivity contribution in [1.29, 1.82) is 0 Å². The number of hydroxylamine groups is 2. The van der Waals surface area contributed by atoms with E-state index >= 15 is 0 Å². The standard InChI is InChI=1S/C24H34N2O2/c1-23(2,3)21(17-19-13-9-7-10-14-19)25(27)26(28)22(24(4,5)6)18-20-15-11-8-12-16-20/h7-16,21-22H,17-18H2,1-6H3/b26-25+. The van der Waals surface area contributed by atoms with E-state index in [-0.39, 0.29) is 10.8 Å². The van der Waals surface area contributed by atoms with Gasteiger partial charge < -0.3 is 10.4 Å². The van der Waals surface area contributed by atoms with Crippen molar-refractivity contribution in [2.45, 2.75) is 66.5 Å². The average molecular weight is 383 g/mol. The van der Waals surface area contributed by atoms with Crippen LogP contribution in [0.5, 0.6) is 0 Å². The quantitative estimate of drug-likeness (QED) is 0.361. The summed E-state index contributed by atoms with van der Waals surface area (Å²) in [6, 6.07) is 18.9. The van der Waals surface area contributed by atoms with Gasteiger partial charge in [0, 0.05) is 33.4 Å². The number of nitrogens with zero attached hydrogens (tertiary/aromatic N) is 2. The highest BCUT2D eigenvalue weighted by atomic mass is 16.6. The van der Waals surface area contributed by atoms with Crippen LogP contribution in [-0.2, 0) is 12.8 Å². The molecule has 0 saturated heterocycles. The molecule has 0 aliphatic heterocycles. The number of hydrogen-bond acceptors (Lipinski definition) is 2. The second kappa shape index (κ2) is 8.76. The summed E-state index contributed by atoms with van der Waals surface area (Å²) in [5.74, 6) is 0. The first-order chi connectivity index (χ1) is 13.0. The van der Waals surface area contributed by atoms with Crippen LogP contribution >= 0.6 is 0 Å². The molecule has 0 amide bonds. The zero-order valence-corrected chi connectivity index (χ0v) is 18.1. The van der Waals surface area contributed by atoms with Gasteiger partial charge in [0.25, 0.3) is 0 Å². The molecule has 2 rings (SSSR count). The van der Waals surface area contributed by atoms with Crippen molar-refractivity contribution in [3.8, 4) is 0 Å². The van der Waals surface area contributed by atoms with Gasteiger partial charge in [-0.3, -0.25) is 0 Å². The van der Waals surface area contributed by atoms with E-state index in [9.17, 15) is 10.4 Å². The summed E-state index contributed by atoms with van der Waals surface area (Å²) in [6.07, 6.45) is 1.07. The monoisotopic (exact) mass is 382 g/mol. The van der Waals surface area contributed by atoms with Crippen LogP contribution in [0.15, 0.2) is 60.7 Å². The van der Waals surface area contributed by atoms with Crippen molar-refractivity contribution >= 4 is 0 Å². The molecule has 0 fully saturated rings. The van der Waals surface area contributed by atoms with E-state index in [1.165, 1.54) is 0 Å². The predicted octanol–water partition coefficient (Wildman–Crippen LogP) is 5.77. The molecular formula is C24H34N2O2. The van der Waals surface area contributed by atoms with E-state index in [4.69, 9.17) is 0 Å². The fourth-order valence-corrected chi connectivity index (χ4v) is 3.38. The summed E-state index contributed by atoms with van der Waals surface area (Å²) in [4.78, 5) is 1.37. The molecule has 0 aliphatic rings. The van der Waals surface area contributed by atoms with Gasteiger partial charge in [-0.05, 0) is 11.1 Å². The average Bonchev–Trinajstić information content (AvgIpc) is 2.63. The van der Waals surface area contributed by atoms with Crippen LogP contribution in [0, 0.1) is 21.2 Å². The second-order valence-electron chi connectivity index (χ2n) is 9.75. The molecule has 0 saturated carbocycles. The Morgan fingerprint density at radius 1 is 0.607 bits per heavy atom. The SMILES string of the molecule is CC(C)(C)C(Cc1ccccc1)/[N+]([O-])=[N+](\[O-])C(Cc1ccccc1)C(C)(C)C. The molecule has 28 heavy (non-hydrogen) atoms. The second-order valence-corrected chi connectivity index (χ2v) is 9.75. The predicted molar refractivity (Wildman–Crippen MR) is 114 cm³/mol. The number of rotatable bonds is 6. The van der Waals surface area contributed by atoms with Crippen LogP contribution in [0.1, 0.15) is 52.7 Å². The zero-order chi connectivity index (χ0) is 20.9. The normalized spacial score (nSPS) is 15.6. The summed E-state index contributed by atoms with van der Waals surface area (Å²) in [6.45, 7) is 12.1. The third-order valence-corrected chi connectivity index (χ3v) is 5.27. The fourth-order valence-electron chi connectivity index (χ4n) is 3.38. The maximum absolute atomic E-state index is 13.3. The Bertz CT molecular complexity index is 704. The smallest absolute Gasteiger partial charge is 0.238 e. The van der Waals surface area contributed by atoms with Crippen molar-refractivity contribution in [3.05, 3.63) is 82.2 Å². The first kappa shape index (κ1) is 21.9. The van der Waals surface area contributed by atoms with Crippen LogP contribution in [0.2, 0.25) is 0 Å². The number of benzene rings is 2. The van der Waals surface area contributed by atoms with E-state index in [0.29, 0.717) is 22.6 Å². The Balaban J connectivity index is 2.42. The van der Waals surface area contributed by atoms with Crippen molar-refractivity contribution in [3.63, 3.8) is 0 Å². The number of azo groups is 1. The molecule has 2 aromatic carbocycles. The molecule has 0 spiro atoms.